The second-order valence-corrected chi connectivity index (χ2v) is 4.15. The van der Waals surface area contributed by atoms with Gasteiger partial charge in [0.15, 0.2) is 0 Å². The maximum Gasteiger partial charge on any atom is 0.0626 e. The van der Waals surface area contributed by atoms with E-state index in [0.717, 1.165) is 12.8 Å². The van der Waals surface area contributed by atoms with Crippen LogP contribution < -0.4 is 0 Å². The number of rotatable bonds is 2. The number of aliphatic hydroxyl groups is 2. The van der Waals surface area contributed by atoms with Gasteiger partial charge in [0.1, 0.15) is 0 Å². The van der Waals surface area contributed by atoms with Crippen molar-refractivity contribution in [2.24, 2.45) is 11.8 Å². The van der Waals surface area contributed by atoms with Crippen LogP contribution >= 0.6 is 0 Å². The van der Waals surface area contributed by atoms with Gasteiger partial charge in [-0.1, -0.05) is 12.2 Å². The van der Waals surface area contributed by atoms with Gasteiger partial charge in [-0.3, -0.25) is 0 Å². The summed E-state index contributed by atoms with van der Waals surface area (Å²) in [7, 11) is 0. The Morgan fingerprint density at radius 2 is 1.92 bits per heavy atom. The molecule has 0 aliphatic heterocycles. The van der Waals surface area contributed by atoms with Gasteiger partial charge in [0, 0.05) is 6.61 Å². The predicted molar refractivity (Wildman–Crippen MR) is 48.7 cm³/mol. The van der Waals surface area contributed by atoms with E-state index in [0.29, 0.717) is 0 Å². The highest BCUT2D eigenvalue weighted by Gasteiger charge is 2.33. The van der Waals surface area contributed by atoms with Gasteiger partial charge in [0.2, 0.25) is 0 Å². The topological polar surface area (TPSA) is 40.5 Å². The Labute approximate surface area is 73.9 Å². The molecule has 0 aromatic rings. The third kappa shape index (κ3) is 2.08. The van der Waals surface area contributed by atoms with E-state index in [1.54, 1.807) is 0 Å². The zero-order chi connectivity index (χ0) is 9.19. The number of hydrogen-bond acceptors (Lipinski definition) is 2. The molecule has 0 bridgehead atoms. The summed E-state index contributed by atoms with van der Waals surface area (Å²) in [5.41, 5.74) is -0.668. The third-order valence-corrected chi connectivity index (χ3v) is 2.71. The number of aliphatic hydroxyl groups excluding tert-OH is 1. The van der Waals surface area contributed by atoms with Gasteiger partial charge in [0.05, 0.1) is 5.60 Å². The van der Waals surface area contributed by atoms with E-state index < -0.39 is 5.60 Å². The molecule has 1 aliphatic rings. The molecule has 0 spiro atoms. The highest BCUT2D eigenvalue weighted by molar-refractivity contribution is 4.98. The fraction of sp³-hybridized carbons (Fsp3) is 0.800. The lowest BCUT2D eigenvalue weighted by Crippen LogP contribution is -2.38. The standard InChI is InChI=1S/C10H18O2/c1-10(2,12)9-6-4-3-5-8(9)7-11/h3-4,8-9,11-12H,5-7H2,1-2H3. The molecule has 2 nitrogen and oxygen atoms in total. The maximum absolute atomic E-state index is 9.80. The Bertz CT molecular complexity index is 167. The van der Waals surface area contributed by atoms with Crippen LogP contribution in [0.15, 0.2) is 12.2 Å². The van der Waals surface area contributed by atoms with Gasteiger partial charge in [-0.25, -0.2) is 0 Å². The first-order chi connectivity index (χ1) is 5.55. The van der Waals surface area contributed by atoms with Crippen LogP contribution in [0.5, 0.6) is 0 Å². The Morgan fingerprint density at radius 1 is 1.33 bits per heavy atom. The van der Waals surface area contributed by atoms with Gasteiger partial charge in [-0.15, -0.1) is 0 Å². The molecule has 0 saturated carbocycles. The highest BCUT2D eigenvalue weighted by Crippen LogP contribution is 2.33. The molecule has 70 valence electrons. The summed E-state index contributed by atoms with van der Waals surface area (Å²) in [6, 6.07) is 0. The van der Waals surface area contributed by atoms with E-state index in [9.17, 15) is 5.11 Å². The average Bonchev–Trinajstić information content (AvgIpc) is 2.03. The molecule has 0 aromatic carbocycles. The first-order valence-electron chi connectivity index (χ1n) is 4.54. The lowest BCUT2D eigenvalue weighted by atomic mass is 9.74. The zero-order valence-corrected chi connectivity index (χ0v) is 7.83. The van der Waals surface area contributed by atoms with Crippen LogP contribution in [0.3, 0.4) is 0 Å². The Kier molecular flexibility index (Phi) is 2.91. The highest BCUT2D eigenvalue weighted by atomic mass is 16.3. The maximum atomic E-state index is 9.80. The monoisotopic (exact) mass is 170 g/mol. The molecule has 0 heterocycles. The molecule has 12 heavy (non-hydrogen) atoms. The van der Waals surface area contributed by atoms with Gasteiger partial charge in [-0.05, 0) is 38.5 Å². The summed E-state index contributed by atoms with van der Waals surface area (Å²) in [5.74, 6) is 0.433. The van der Waals surface area contributed by atoms with Crippen LogP contribution in [-0.2, 0) is 0 Å². The summed E-state index contributed by atoms with van der Waals surface area (Å²) >= 11 is 0. The lowest BCUT2D eigenvalue weighted by Gasteiger charge is -2.36. The zero-order valence-electron chi connectivity index (χ0n) is 7.83. The van der Waals surface area contributed by atoms with E-state index in [4.69, 9.17) is 5.11 Å². The Morgan fingerprint density at radius 3 is 2.33 bits per heavy atom. The van der Waals surface area contributed by atoms with Crippen LogP contribution in [0.4, 0.5) is 0 Å². The van der Waals surface area contributed by atoms with Crippen molar-refractivity contribution in [3.63, 3.8) is 0 Å². The average molecular weight is 170 g/mol. The Balaban J connectivity index is 2.67. The number of allylic oxidation sites excluding steroid dienone is 2. The fourth-order valence-electron chi connectivity index (χ4n) is 1.94. The third-order valence-electron chi connectivity index (χ3n) is 2.71. The van der Waals surface area contributed by atoms with Crippen LogP contribution in [0.2, 0.25) is 0 Å². The van der Waals surface area contributed by atoms with Crippen LogP contribution in [0.1, 0.15) is 26.7 Å². The molecule has 2 heteroatoms. The van der Waals surface area contributed by atoms with Gasteiger partial charge in [0.25, 0.3) is 0 Å². The quantitative estimate of drug-likeness (QED) is 0.614. The van der Waals surface area contributed by atoms with Crippen molar-refractivity contribution in [2.45, 2.75) is 32.3 Å². The van der Waals surface area contributed by atoms with E-state index in [-0.39, 0.29) is 18.4 Å². The fourth-order valence-corrected chi connectivity index (χ4v) is 1.94. The summed E-state index contributed by atoms with van der Waals surface area (Å²) in [6.45, 7) is 3.82. The van der Waals surface area contributed by atoms with E-state index in [1.165, 1.54) is 0 Å². The minimum absolute atomic E-state index is 0.180. The summed E-state index contributed by atoms with van der Waals surface area (Å²) < 4.78 is 0. The predicted octanol–water partition coefficient (Wildman–Crippen LogP) is 1.33. The molecular weight excluding hydrogens is 152 g/mol. The van der Waals surface area contributed by atoms with Crippen LogP contribution in [0.25, 0.3) is 0 Å². The first kappa shape index (κ1) is 9.75. The van der Waals surface area contributed by atoms with E-state index in [1.807, 2.05) is 13.8 Å². The molecule has 0 radical (unpaired) electrons. The van der Waals surface area contributed by atoms with Gasteiger partial charge in [-0.2, -0.15) is 0 Å². The second kappa shape index (κ2) is 3.58. The minimum Gasteiger partial charge on any atom is -0.396 e. The van der Waals surface area contributed by atoms with E-state index >= 15 is 0 Å². The lowest BCUT2D eigenvalue weighted by molar-refractivity contribution is -0.0238. The van der Waals surface area contributed by atoms with Crippen molar-refractivity contribution in [1.29, 1.82) is 0 Å². The molecular formula is C10H18O2. The molecule has 2 N–H and O–H groups in total. The van der Waals surface area contributed by atoms with Crippen molar-refractivity contribution >= 4 is 0 Å². The van der Waals surface area contributed by atoms with E-state index in [2.05, 4.69) is 12.2 Å². The molecule has 1 aliphatic carbocycles. The van der Waals surface area contributed by atoms with Crippen LogP contribution in [0, 0.1) is 11.8 Å². The largest absolute Gasteiger partial charge is 0.396 e. The molecule has 2 atom stereocenters. The molecule has 0 saturated heterocycles. The van der Waals surface area contributed by atoms with Crippen LogP contribution in [-0.4, -0.2) is 22.4 Å². The van der Waals surface area contributed by atoms with Gasteiger partial charge < -0.3 is 10.2 Å². The van der Waals surface area contributed by atoms with Crippen molar-refractivity contribution in [3.05, 3.63) is 12.2 Å². The molecule has 0 amide bonds. The van der Waals surface area contributed by atoms with Crippen molar-refractivity contribution < 1.29 is 10.2 Å². The normalized spacial score (nSPS) is 30.7. The molecule has 1 rings (SSSR count). The van der Waals surface area contributed by atoms with Crippen molar-refractivity contribution in [3.8, 4) is 0 Å². The summed E-state index contributed by atoms with van der Waals surface area (Å²) in [4.78, 5) is 0. The first-order valence-corrected chi connectivity index (χ1v) is 4.54. The smallest absolute Gasteiger partial charge is 0.0626 e. The van der Waals surface area contributed by atoms with Crippen molar-refractivity contribution in [1.82, 2.24) is 0 Å². The van der Waals surface area contributed by atoms with Gasteiger partial charge >= 0.3 is 0 Å². The molecule has 2 unspecified atom stereocenters. The SMILES string of the molecule is CC(C)(O)C1CC=CCC1CO. The number of hydrogen-bond donors (Lipinski definition) is 2. The Hall–Kier alpha value is -0.340. The molecule has 0 fully saturated rings. The minimum atomic E-state index is -0.668. The second-order valence-electron chi connectivity index (χ2n) is 4.15. The van der Waals surface area contributed by atoms with Crippen molar-refractivity contribution in [2.75, 3.05) is 6.61 Å². The summed E-state index contributed by atoms with van der Waals surface area (Å²) in [6.07, 6.45) is 5.96. The molecule has 0 aromatic heterocycles. The summed E-state index contributed by atoms with van der Waals surface area (Å²) in [5, 5.41) is 18.9.